The van der Waals surface area contributed by atoms with Gasteiger partial charge in [0.15, 0.2) is 0 Å². The van der Waals surface area contributed by atoms with E-state index in [0.29, 0.717) is 12.5 Å². The summed E-state index contributed by atoms with van der Waals surface area (Å²) in [6.07, 6.45) is 0.896. The standard InChI is InChI=1S/C10H22N2O/c1-5-9(6-11)12-10(13)8(4)7(2)3/h7-9H,5-6,11H2,1-4H3,(H,12,13). The SMILES string of the molecule is CCC(CN)NC(=O)C(C)C(C)C. The second kappa shape index (κ2) is 5.97. The molecule has 0 spiro atoms. The van der Waals surface area contributed by atoms with Gasteiger partial charge in [-0.2, -0.15) is 0 Å². The molecule has 3 heteroatoms. The number of nitrogens with two attached hydrogens (primary N) is 1. The average molecular weight is 186 g/mol. The molecule has 0 aromatic carbocycles. The normalized spacial score (nSPS) is 15.5. The molecule has 0 radical (unpaired) electrons. The zero-order valence-corrected chi connectivity index (χ0v) is 9.13. The predicted molar refractivity (Wildman–Crippen MR) is 55.3 cm³/mol. The fourth-order valence-corrected chi connectivity index (χ4v) is 0.963. The molecular weight excluding hydrogens is 164 g/mol. The number of nitrogens with one attached hydrogen (secondary N) is 1. The fourth-order valence-electron chi connectivity index (χ4n) is 0.963. The second-order valence-electron chi connectivity index (χ2n) is 3.88. The van der Waals surface area contributed by atoms with E-state index in [0.717, 1.165) is 6.42 Å². The van der Waals surface area contributed by atoms with Crippen LogP contribution in [-0.2, 0) is 4.79 Å². The van der Waals surface area contributed by atoms with E-state index in [1.807, 2.05) is 27.7 Å². The van der Waals surface area contributed by atoms with Crippen LogP contribution in [0.1, 0.15) is 34.1 Å². The molecule has 3 N–H and O–H groups in total. The lowest BCUT2D eigenvalue weighted by Gasteiger charge is -2.20. The Bertz CT molecular complexity index is 153. The highest BCUT2D eigenvalue weighted by Crippen LogP contribution is 2.09. The Morgan fingerprint density at radius 3 is 2.23 bits per heavy atom. The lowest BCUT2D eigenvalue weighted by atomic mass is 9.97. The summed E-state index contributed by atoms with van der Waals surface area (Å²) >= 11 is 0. The van der Waals surface area contributed by atoms with Gasteiger partial charge in [-0.05, 0) is 12.3 Å². The smallest absolute Gasteiger partial charge is 0.223 e. The number of hydrogen-bond acceptors (Lipinski definition) is 2. The molecule has 0 heterocycles. The van der Waals surface area contributed by atoms with Crippen LogP contribution in [0.5, 0.6) is 0 Å². The van der Waals surface area contributed by atoms with Crippen molar-refractivity contribution < 1.29 is 4.79 Å². The molecule has 0 aliphatic rings. The maximum Gasteiger partial charge on any atom is 0.223 e. The zero-order chi connectivity index (χ0) is 10.4. The van der Waals surface area contributed by atoms with E-state index >= 15 is 0 Å². The number of amides is 1. The number of carbonyl (C=O) groups is 1. The molecule has 0 saturated carbocycles. The number of rotatable bonds is 5. The quantitative estimate of drug-likeness (QED) is 0.676. The molecule has 2 atom stereocenters. The molecule has 1 amide bonds. The monoisotopic (exact) mass is 186 g/mol. The van der Waals surface area contributed by atoms with E-state index in [1.54, 1.807) is 0 Å². The summed E-state index contributed by atoms with van der Waals surface area (Å²) in [7, 11) is 0. The summed E-state index contributed by atoms with van der Waals surface area (Å²) in [6.45, 7) is 8.59. The van der Waals surface area contributed by atoms with Crippen LogP contribution in [0.4, 0.5) is 0 Å². The summed E-state index contributed by atoms with van der Waals surface area (Å²) in [4.78, 5) is 11.5. The first kappa shape index (κ1) is 12.4. The first-order chi connectivity index (χ1) is 6.02. The van der Waals surface area contributed by atoms with Crippen molar-refractivity contribution in [2.24, 2.45) is 17.6 Å². The van der Waals surface area contributed by atoms with Crippen LogP contribution in [0, 0.1) is 11.8 Å². The third-order valence-corrected chi connectivity index (χ3v) is 2.54. The van der Waals surface area contributed by atoms with Gasteiger partial charge in [-0.25, -0.2) is 0 Å². The van der Waals surface area contributed by atoms with Crippen LogP contribution in [-0.4, -0.2) is 18.5 Å². The second-order valence-corrected chi connectivity index (χ2v) is 3.88. The highest BCUT2D eigenvalue weighted by molar-refractivity contribution is 5.78. The van der Waals surface area contributed by atoms with Crippen LogP contribution in [0.3, 0.4) is 0 Å². The third-order valence-electron chi connectivity index (χ3n) is 2.54. The van der Waals surface area contributed by atoms with Gasteiger partial charge in [-0.15, -0.1) is 0 Å². The Morgan fingerprint density at radius 1 is 1.38 bits per heavy atom. The maximum atomic E-state index is 11.5. The van der Waals surface area contributed by atoms with E-state index in [-0.39, 0.29) is 17.9 Å². The van der Waals surface area contributed by atoms with Gasteiger partial charge in [0.25, 0.3) is 0 Å². The van der Waals surface area contributed by atoms with Crippen molar-refractivity contribution in [3.8, 4) is 0 Å². The molecule has 3 nitrogen and oxygen atoms in total. The van der Waals surface area contributed by atoms with Gasteiger partial charge < -0.3 is 11.1 Å². The lowest BCUT2D eigenvalue weighted by molar-refractivity contribution is -0.126. The zero-order valence-electron chi connectivity index (χ0n) is 9.13. The molecule has 0 aliphatic heterocycles. The van der Waals surface area contributed by atoms with Crippen molar-refractivity contribution in [2.45, 2.75) is 40.2 Å². The van der Waals surface area contributed by atoms with E-state index in [4.69, 9.17) is 5.73 Å². The van der Waals surface area contributed by atoms with Crippen molar-refractivity contribution >= 4 is 5.91 Å². The van der Waals surface area contributed by atoms with Gasteiger partial charge in [0.1, 0.15) is 0 Å². The van der Waals surface area contributed by atoms with Crippen molar-refractivity contribution in [3.05, 3.63) is 0 Å². The summed E-state index contributed by atoms with van der Waals surface area (Å²) in [5.74, 6) is 0.572. The molecular formula is C10H22N2O. The highest BCUT2D eigenvalue weighted by Gasteiger charge is 2.18. The van der Waals surface area contributed by atoms with E-state index in [2.05, 4.69) is 5.32 Å². The van der Waals surface area contributed by atoms with Crippen LogP contribution in [0.15, 0.2) is 0 Å². The molecule has 0 saturated heterocycles. The maximum absolute atomic E-state index is 11.5. The average Bonchev–Trinajstić information content (AvgIpc) is 2.12. The summed E-state index contributed by atoms with van der Waals surface area (Å²) < 4.78 is 0. The van der Waals surface area contributed by atoms with E-state index in [1.165, 1.54) is 0 Å². The Balaban J connectivity index is 3.98. The molecule has 78 valence electrons. The van der Waals surface area contributed by atoms with Gasteiger partial charge >= 0.3 is 0 Å². The van der Waals surface area contributed by atoms with E-state index in [9.17, 15) is 4.79 Å². The van der Waals surface area contributed by atoms with Gasteiger partial charge in [-0.3, -0.25) is 4.79 Å². The van der Waals surface area contributed by atoms with Crippen molar-refractivity contribution in [1.29, 1.82) is 0 Å². The number of hydrogen-bond donors (Lipinski definition) is 2. The van der Waals surface area contributed by atoms with Gasteiger partial charge in [0, 0.05) is 18.5 Å². The first-order valence-corrected chi connectivity index (χ1v) is 5.03. The molecule has 13 heavy (non-hydrogen) atoms. The molecule has 2 unspecified atom stereocenters. The minimum atomic E-state index is 0.0700. The summed E-state index contributed by atoms with van der Waals surface area (Å²) in [5.41, 5.74) is 5.49. The lowest BCUT2D eigenvalue weighted by Crippen LogP contribution is -2.43. The van der Waals surface area contributed by atoms with Gasteiger partial charge in [0.2, 0.25) is 5.91 Å². The van der Waals surface area contributed by atoms with Crippen molar-refractivity contribution in [3.63, 3.8) is 0 Å². The topological polar surface area (TPSA) is 55.1 Å². The van der Waals surface area contributed by atoms with Crippen LogP contribution in [0.2, 0.25) is 0 Å². The summed E-state index contributed by atoms with van der Waals surface area (Å²) in [6, 6.07) is 0.133. The van der Waals surface area contributed by atoms with Gasteiger partial charge in [-0.1, -0.05) is 27.7 Å². The molecule has 0 aliphatic carbocycles. The Kier molecular flexibility index (Phi) is 5.71. The minimum absolute atomic E-state index is 0.0700. The van der Waals surface area contributed by atoms with Crippen molar-refractivity contribution in [1.82, 2.24) is 5.32 Å². The molecule has 0 bridgehead atoms. The van der Waals surface area contributed by atoms with Crippen LogP contribution < -0.4 is 11.1 Å². The largest absolute Gasteiger partial charge is 0.352 e. The minimum Gasteiger partial charge on any atom is -0.352 e. The van der Waals surface area contributed by atoms with Crippen LogP contribution in [0.25, 0.3) is 0 Å². The fraction of sp³-hybridized carbons (Fsp3) is 0.900. The Labute approximate surface area is 81.1 Å². The van der Waals surface area contributed by atoms with Crippen LogP contribution >= 0.6 is 0 Å². The third kappa shape index (κ3) is 4.27. The molecule has 0 aromatic heterocycles. The summed E-state index contributed by atoms with van der Waals surface area (Å²) in [5, 5.41) is 2.93. The Morgan fingerprint density at radius 2 is 1.92 bits per heavy atom. The molecule has 0 aromatic rings. The van der Waals surface area contributed by atoms with Crippen molar-refractivity contribution in [2.75, 3.05) is 6.54 Å². The first-order valence-electron chi connectivity index (χ1n) is 5.03. The molecule has 0 rings (SSSR count). The van der Waals surface area contributed by atoms with Gasteiger partial charge in [0.05, 0.1) is 0 Å². The predicted octanol–water partition coefficient (Wildman–Crippen LogP) is 1.13. The number of carbonyl (C=O) groups excluding carboxylic acids is 1. The van der Waals surface area contributed by atoms with E-state index < -0.39 is 0 Å². The highest BCUT2D eigenvalue weighted by atomic mass is 16.1. The molecule has 0 fully saturated rings. The Hall–Kier alpha value is -0.570.